The molecule has 1 aromatic heterocycles. The fraction of sp³-hybridized carbons (Fsp3) is 0.294. The van der Waals surface area contributed by atoms with E-state index < -0.39 is 0 Å². The van der Waals surface area contributed by atoms with Crippen molar-refractivity contribution in [1.29, 1.82) is 0 Å². The minimum Gasteiger partial charge on any atom is -0.334 e. The van der Waals surface area contributed by atoms with Crippen molar-refractivity contribution in [2.45, 2.75) is 25.4 Å². The first-order chi connectivity index (χ1) is 10.3. The summed E-state index contributed by atoms with van der Waals surface area (Å²) in [5.41, 5.74) is 3.64. The van der Waals surface area contributed by atoms with Crippen LogP contribution in [0.1, 0.15) is 29.2 Å². The molecule has 0 saturated carbocycles. The first kappa shape index (κ1) is 13.6. The lowest BCUT2D eigenvalue weighted by atomic mass is 10.1. The molecular formula is C17H19N3O. The molecule has 21 heavy (non-hydrogen) atoms. The van der Waals surface area contributed by atoms with E-state index in [0.717, 1.165) is 18.4 Å². The number of carbonyl (C=O) groups is 1. The summed E-state index contributed by atoms with van der Waals surface area (Å²) in [5, 5.41) is 2.95. The van der Waals surface area contributed by atoms with Crippen LogP contribution in [0.3, 0.4) is 0 Å². The smallest absolute Gasteiger partial charge is 0.317 e. The maximum atomic E-state index is 12.3. The van der Waals surface area contributed by atoms with Gasteiger partial charge in [0, 0.05) is 26.0 Å². The third-order valence-corrected chi connectivity index (χ3v) is 4.06. The summed E-state index contributed by atoms with van der Waals surface area (Å²) < 4.78 is 0. The molecule has 2 amide bonds. The van der Waals surface area contributed by atoms with Crippen LogP contribution in [0.4, 0.5) is 4.79 Å². The Morgan fingerprint density at radius 3 is 3.00 bits per heavy atom. The molecule has 0 bridgehead atoms. The Balaban J connectivity index is 1.63. The number of nitrogens with zero attached hydrogens (tertiary/aromatic N) is 2. The van der Waals surface area contributed by atoms with Crippen molar-refractivity contribution in [2.75, 3.05) is 7.05 Å². The van der Waals surface area contributed by atoms with Crippen LogP contribution in [0.15, 0.2) is 48.8 Å². The number of aromatic nitrogens is 1. The van der Waals surface area contributed by atoms with E-state index in [2.05, 4.69) is 28.5 Å². The van der Waals surface area contributed by atoms with Gasteiger partial charge < -0.3 is 10.2 Å². The molecule has 4 nitrogen and oxygen atoms in total. The number of rotatable bonds is 3. The molecule has 0 aliphatic heterocycles. The van der Waals surface area contributed by atoms with Gasteiger partial charge in [-0.2, -0.15) is 0 Å². The molecule has 1 unspecified atom stereocenters. The number of nitrogens with one attached hydrogen (secondary N) is 1. The zero-order valence-electron chi connectivity index (χ0n) is 12.1. The average molecular weight is 281 g/mol. The lowest BCUT2D eigenvalue weighted by molar-refractivity contribution is 0.190. The minimum absolute atomic E-state index is 0.0412. The van der Waals surface area contributed by atoms with Crippen LogP contribution in [0.25, 0.3) is 0 Å². The van der Waals surface area contributed by atoms with Gasteiger partial charge in [-0.3, -0.25) is 4.98 Å². The van der Waals surface area contributed by atoms with E-state index in [-0.39, 0.29) is 12.1 Å². The molecule has 4 heteroatoms. The molecule has 0 fully saturated rings. The van der Waals surface area contributed by atoms with E-state index in [1.807, 2.05) is 30.1 Å². The van der Waals surface area contributed by atoms with Gasteiger partial charge >= 0.3 is 6.03 Å². The van der Waals surface area contributed by atoms with Crippen molar-refractivity contribution < 1.29 is 4.79 Å². The highest BCUT2D eigenvalue weighted by molar-refractivity contribution is 5.74. The van der Waals surface area contributed by atoms with Gasteiger partial charge in [0.1, 0.15) is 0 Å². The summed E-state index contributed by atoms with van der Waals surface area (Å²) >= 11 is 0. The molecular weight excluding hydrogens is 262 g/mol. The summed E-state index contributed by atoms with van der Waals surface area (Å²) in [4.78, 5) is 18.2. The molecule has 0 saturated heterocycles. The Hall–Kier alpha value is -2.36. The van der Waals surface area contributed by atoms with E-state index in [9.17, 15) is 4.79 Å². The maximum absolute atomic E-state index is 12.3. The number of carbonyl (C=O) groups excluding carboxylic acids is 1. The molecule has 1 aliphatic carbocycles. The molecule has 1 heterocycles. The average Bonchev–Trinajstić information content (AvgIpc) is 2.97. The van der Waals surface area contributed by atoms with Crippen LogP contribution < -0.4 is 5.32 Å². The van der Waals surface area contributed by atoms with E-state index in [1.54, 1.807) is 12.4 Å². The zero-order valence-corrected chi connectivity index (χ0v) is 12.1. The summed E-state index contributed by atoms with van der Waals surface area (Å²) in [5.74, 6) is 0. The van der Waals surface area contributed by atoms with E-state index in [4.69, 9.17) is 0 Å². The normalized spacial score (nSPS) is 16.3. The van der Waals surface area contributed by atoms with Crippen LogP contribution >= 0.6 is 0 Å². The molecule has 108 valence electrons. The summed E-state index contributed by atoms with van der Waals surface area (Å²) in [6.07, 6.45) is 5.54. The number of hydrogen-bond acceptors (Lipinski definition) is 2. The molecule has 2 aromatic rings. The highest BCUT2D eigenvalue weighted by atomic mass is 16.2. The number of pyridine rings is 1. The number of aryl methyl sites for hydroxylation is 1. The monoisotopic (exact) mass is 281 g/mol. The predicted octanol–water partition coefficient (Wildman–Crippen LogP) is 2.91. The van der Waals surface area contributed by atoms with Gasteiger partial charge in [-0.1, -0.05) is 30.3 Å². The Morgan fingerprint density at radius 1 is 1.33 bits per heavy atom. The molecule has 3 rings (SSSR count). The van der Waals surface area contributed by atoms with Gasteiger partial charge in [-0.15, -0.1) is 0 Å². The predicted molar refractivity (Wildman–Crippen MR) is 81.7 cm³/mol. The Labute approximate surface area is 124 Å². The van der Waals surface area contributed by atoms with Crippen molar-refractivity contribution in [3.05, 3.63) is 65.5 Å². The van der Waals surface area contributed by atoms with E-state index >= 15 is 0 Å². The van der Waals surface area contributed by atoms with Gasteiger partial charge in [0.05, 0.1) is 6.04 Å². The standard InChI is InChI=1S/C17H19N3O/c1-20(16-9-8-14-6-2-3-7-15(14)16)17(21)19-12-13-5-4-10-18-11-13/h2-7,10-11,16H,8-9,12H2,1H3,(H,19,21). The van der Waals surface area contributed by atoms with Gasteiger partial charge in [-0.25, -0.2) is 4.79 Å². The Bertz CT molecular complexity index is 627. The Kier molecular flexibility index (Phi) is 3.86. The van der Waals surface area contributed by atoms with Gasteiger partial charge in [-0.05, 0) is 35.6 Å². The molecule has 1 aliphatic rings. The van der Waals surface area contributed by atoms with Gasteiger partial charge in [0.25, 0.3) is 0 Å². The fourth-order valence-corrected chi connectivity index (χ4v) is 2.88. The quantitative estimate of drug-likeness (QED) is 0.940. The number of fused-ring (bicyclic) bond motifs is 1. The van der Waals surface area contributed by atoms with Crippen LogP contribution in [0.5, 0.6) is 0 Å². The highest BCUT2D eigenvalue weighted by Gasteiger charge is 2.28. The minimum atomic E-state index is -0.0412. The summed E-state index contributed by atoms with van der Waals surface area (Å²) in [6, 6.07) is 12.3. The molecule has 0 radical (unpaired) electrons. The first-order valence-corrected chi connectivity index (χ1v) is 7.23. The van der Waals surface area contributed by atoms with Crippen molar-refractivity contribution in [3.63, 3.8) is 0 Å². The van der Waals surface area contributed by atoms with Crippen LogP contribution in [-0.4, -0.2) is 23.0 Å². The third kappa shape index (κ3) is 2.89. The Morgan fingerprint density at radius 2 is 2.19 bits per heavy atom. The lowest BCUT2D eigenvalue weighted by Gasteiger charge is -2.25. The maximum Gasteiger partial charge on any atom is 0.317 e. The molecule has 1 atom stereocenters. The third-order valence-electron chi connectivity index (χ3n) is 4.06. The van der Waals surface area contributed by atoms with Gasteiger partial charge in [0.15, 0.2) is 0 Å². The second kappa shape index (κ2) is 5.95. The highest BCUT2D eigenvalue weighted by Crippen LogP contribution is 2.34. The van der Waals surface area contributed by atoms with Crippen LogP contribution in [0.2, 0.25) is 0 Å². The topological polar surface area (TPSA) is 45.2 Å². The van der Waals surface area contributed by atoms with Gasteiger partial charge in [0.2, 0.25) is 0 Å². The molecule has 0 spiro atoms. The number of benzene rings is 1. The summed E-state index contributed by atoms with van der Waals surface area (Å²) in [7, 11) is 1.87. The van der Waals surface area contributed by atoms with Crippen molar-refractivity contribution >= 4 is 6.03 Å². The largest absolute Gasteiger partial charge is 0.334 e. The molecule has 1 aromatic carbocycles. The van der Waals surface area contributed by atoms with Crippen LogP contribution in [0, 0.1) is 0 Å². The number of amides is 2. The zero-order chi connectivity index (χ0) is 14.7. The van der Waals surface area contributed by atoms with Crippen LogP contribution in [-0.2, 0) is 13.0 Å². The van der Waals surface area contributed by atoms with Crippen molar-refractivity contribution in [1.82, 2.24) is 15.2 Å². The fourth-order valence-electron chi connectivity index (χ4n) is 2.88. The first-order valence-electron chi connectivity index (χ1n) is 7.23. The van der Waals surface area contributed by atoms with E-state index in [0.29, 0.717) is 6.54 Å². The molecule has 1 N–H and O–H groups in total. The SMILES string of the molecule is CN(C(=O)NCc1cccnc1)C1CCc2ccccc21. The van der Waals surface area contributed by atoms with E-state index in [1.165, 1.54) is 11.1 Å². The van der Waals surface area contributed by atoms with Crippen molar-refractivity contribution in [3.8, 4) is 0 Å². The number of hydrogen-bond donors (Lipinski definition) is 1. The second-order valence-corrected chi connectivity index (χ2v) is 5.38. The summed E-state index contributed by atoms with van der Waals surface area (Å²) in [6.45, 7) is 0.505. The van der Waals surface area contributed by atoms with Crippen molar-refractivity contribution in [2.24, 2.45) is 0 Å². The second-order valence-electron chi connectivity index (χ2n) is 5.38. The number of urea groups is 1. The lowest BCUT2D eigenvalue weighted by Crippen LogP contribution is -2.38.